The lowest BCUT2D eigenvalue weighted by molar-refractivity contribution is -0.870. The molecule has 0 fully saturated rings. The van der Waals surface area contributed by atoms with Crippen molar-refractivity contribution in [1.82, 2.24) is 0 Å². The zero-order valence-electron chi connectivity index (χ0n) is 51.4. The zero-order chi connectivity index (χ0) is 57.0. The number of nitrogens with zero attached hydrogens (tertiary/aromatic N) is 1. The summed E-state index contributed by atoms with van der Waals surface area (Å²) in [5.41, 5.74) is 0. The molecule has 0 rings (SSSR count). The molecule has 0 saturated heterocycles. The van der Waals surface area contributed by atoms with E-state index in [2.05, 4.69) is 98.9 Å². The van der Waals surface area contributed by atoms with Crippen LogP contribution in [0, 0.1) is 0 Å². The second-order valence-corrected chi connectivity index (χ2v) is 24.2. The van der Waals surface area contributed by atoms with Gasteiger partial charge < -0.3 is 18.9 Å². The van der Waals surface area contributed by atoms with E-state index in [1.165, 1.54) is 173 Å². The minimum absolute atomic E-state index is 0.0295. The average Bonchev–Trinajstić information content (AvgIpc) is 3.41. The van der Waals surface area contributed by atoms with Crippen LogP contribution in [0.2, 0.25) is 0 Å². The van der Waals surface area contributed by atoms with Gasteiger partial charge in [0, 0.05) is 12.8 Å². The maximum atomic E-state index is 12.9. The third-order valence-electron chi connectivity index (χ3n) is 13.9. The molecule has 0 spiro atoms. The van der Waals surface area contributed by atoms with E-state index >= 15 is 0 Å². The highest BCUT2D eigenvalue weighted by Crippen LogP contribution is 2.43. The quantitative estimate of drug-likeness (QED) is 0.0211. The van der Waals surface area contributed by atoms with Crippen molar-refractivity contribution < 1.29 is 42.1 Å². The molecule has 0 amide bonds. The van der Waals surface area contributed by atoms with Crippen molar-refractivity contribution in [2.45, 2.75) is 290 Å². The number of unbranched alkanes of at least 4 members (excludes halogenated alkanes) is 31. The highest BCUT2D eigenvalue weighted by atomic mass is 31.2. The number of carbonyl (C=O) groups excluding carboxylic acids is 2. The summed E-state index contributed by atoms with van der Waals surface area (Å²) < 4.78 is 34.7. The maximum absolute atomic E-state index is 12.9. The monoisotopic (exact) mass is 1110 g/mol. The van der Waals surface area contributed by atoms with Crippen LogP contribution in [0.4, 0.5) is 0 Å². The molecule has 0 radical (unpaired) electrons. The Morgan fingerprint density at radius 3 is 1.10 bits per heavy atom. The standard InChI is InChI=1S/C68H122NO8P/c1-6-8-10-12-14-16-18-20-22-24-26-28-29-30-31-32-33-34-35-36-37-38-39-41-43-45-47-49-51-53-55-57-59-61-68(71)77-66(65-76-78(72,73)75-63-62-69(3,4)5)64-74-67(70)60-58-56-54-52-50-48-46-44-42-40-27-25-23-21-19-17-15-13-11-9-7-2/h8,10,14,16,20,22,25-28,30-31,33-34,66H,6-7,9,11-13,15,17-19,21,23-24,29,32,35-65H2,1-5H3/p+1/b10-8-,16-14-,22-20-,27-25-,28-26-,31-30-,34-33-. The number of allylic oxidation sites excluding steroid dienone is 14. The van der Waals surface area contributed by atoms with E-state index < -0.39 is 26.5 Å². The first-order valence-corrected chi connectivity index (χ1v) is 33.8. The molecule has 0 aromatic heterocycles. The van der Waals surface area contributed by atoms with Gasteiger partial charge in [-0.25, -0.2) is 4.57 Å². The van der Waals surface area contributed by atoms with Gasteiger partial charge in [0.25, 0.3) is 0 Å². The first-order chi connectivity index (χ1) is 38.0. The molecule has 0 aromatic carbocycles. The number of ether oxygens (including phenoxy) is 2. The van der Waals surface area contributed by atoms with Crippen LogP contribution in [0.3, 0.4) is 0 Å². The molecule has 0 aliphatic rings. The van der Waals surface area contributed by atoms with E-state index in [1.807, 2.05) is 21.1 Å². The molecule has 0 aliphatic heterocycles. The molecule has 452 valence electrons. The molecule has 2 unspecified atom stereocenters. The van der Waals surface area contributed by atoms with E-state index in [-0.39, 0.29) is 32.0 Å². The number of quaternary nitrogens is 1. The van der Waals surface area contributed by atoms with Crippen molar-refractivity contribution in [2.24, 2.45) is 0 Å². The number of phosphoric ester groups is 1. The number of hydrogen-bond acceptors (Lipinski definition) is 7. The number of carbonyl (C=O) groups is 2. The number of hydrogen-bond donors (Lipinski definition) is 1. The minimum Gasteiger partial charge on any atom is -0.462 e. The van der Waals surface area contributed by atoms with Gasteiger partial charge in [-0.3, -0.25) is 18.6 Å². The number of esters is 2. The summed E-state index contributed by atoms with van der Waals surface area (Å²) in [7, 11) is 1.48. The number of rotatable bonds is 59. The Kier molecular flexibility index (Phi) is 56.7. The smallest absolute Gasteiger partial charge is 0.462 e. The molecule has 0 saturated carbocycles. The van der Waals surface area contributed by atoms with Gasteiger partial charge in [0.1, 0.15) is 19.8 Å². The van der Waals surface area contributed by atoms with E-state index in [4.69, 9.17) is 18.5 Å². The van der Waals surface area contributed by atoms with Crippen molar-refractivity contribution in [3.63, 3.8) is 0 Å². The Balaban J connectivity index is 4.08. The number of likely N-dealkylation sites (N-methyl/N-ethyl adjacent to an activating group) is 1. The topological polar surface area (TPSA) is 108 Å². The molecule has 1 N–H and O–H groups in total. The summed E-state index contributed by atoms with van der Waals surface area (Å²) in [4.78, 5) is 35.8. The predicted octanol–water partition coefficient (Wildman–Crippen LogP) is 20.6. The van der Waals surface area contributed by atoms with Crippen LogP contribution in [0.5, 0.6) is 0 Å². The molecule has 0 aliphatic carbocycles. The number of phosphoric acid groups is 1. The first-order valence-electron chi connectivity index (χ1n) is 32.3. The molecule has 78 heavy (non-hydrogen) atoms. The summed E-state index contributed by atoms with van der Waals surface area (Å²) in [6.45, 7) is 4.34. The molecule has 2 atom stereocenters. The van der Waals surface area contributed by atoms with Crippen molar-refractivity contribution in [3.8, 4) is 0 Å². The van der Waals surface area contributed by atoms with Crippen LogP contribution < -0.4 is 0 Å². The zero-order valence-corrected chi connectivity index (χ0v) is 52.3. The fourth-order valence-electron chi connectivity index (χ4n) is 8.96. The van der Waals surface area contributed by atoms with Gasteiger partial charge in [-0.15, -0.1) is 0 Å². The van der Waals surface area contributed by atoms with Crippen molar-refractivity contribution in [1.29, 1.82) is 0 Å². The van der Waals surface area contributed by atoms with Crippen LogP contribution in [0.25, 0.3) is 0 Å². The second kappa shape index (κ2) is 58.8. The lowest BCUT2D eigenvalue weighted by Crippen LogP contribution is -2.37. The molecular weight excluding hydrogens is 990 g/mol. The van der Waals surface area contributed by atoms with Crippen molar-refractivity contribution in [3.05, 3.63) is 85.1 Å². The Bertz CT molecular complexity index is 1590. The van der Waals surface area contributed by atoms with E-state index in [1.54, 1.807) is 0 Å². The van der Waals surface area contributed by atoms with Crippen LogP contribution in [0.15, 0.2) is 85.1 Å². The van der Waals surface area contributed by atoms with Gasteiger partial charge >= 0.3 is 19.8 Å². The second-order valence-electron chi connectivity index (χ2n) is 22.8. The predicted molar refractivity (Wildman–Crippen MR) is 335 cm³/mol. The highest BCUT2D eigenvalue weighted by molar-refractivity contribution is 7.47. The molecule has 9 nitrogen and oxygen atoms in total. The van der Waals surface area contributed by atoms with E-state index in [9.17, 15) is 19.0 Å². The lowest BCUT2D eigenvalue weighted by atomic mass is 10.0. The first kappa shape index (κ1) is 75.2. The normalized spacial score (nSPS) is 13.8. The Hall–Kier alpha value is -2.81. The largest absolute Gasteiger partial charge is 0.472 e. The Morgan fingerprint density at radius 2 is 0.731 bits per heavy atom. The van der Waals surface area contributed by atoms with Crippen molar-refractivity contribution >= 4 is 19.8 Å². The van der Waals surface area contributed by atoms with Gasteiger partial charge in [-0.05, 0) is 89.9 Å². The van der Waals surface area contributed by atoms with Crippen LogP contribution in [-0.2, 0) is 32.7 Å². The minimum atomic E-state index is -4.39. The molecule has 0 bridgehead atoms. The molecule has 10 heteroatoms. The molecule has 0 heterocycles. The van der Waals surface area contributed by atoms with Gasteiger partial charge in [0.2, 0.25) is 0 Å². The van der Waals surface area contributed by atoms with Gasteiger partial charge in [0.05, 0.1) is 27.7 Å². The van der Waals surface area contributed by atoms with Crippen LogP contribution >= 0.6 is 7.82 Å². The summed E-state index contributed by atoms with van der Waals surface area (Å²) in [5.74, 6) is -0.794. The van der Waals surface area contributed by atoms with Gasteiger partial charge in [0.15, 0.2) is 6.10 Å². The fourth-order valence-corrected chi connectivity index (χ4v) is 9.70. The Morgan fingerprint density at radius 1 is 0.410 bits per heavy atom. The Labute approximate surface area is 481 Å². The maximum Gasteiger partial charge on any atom is 0.472 e. The van der Waals surface area contributed by atoms with Gasteiger partial charge in [-0.1, -0.05) is 266 Å². The summed E-state index contributed by atoms with van der Waals surface area (Å²) in [6.07, 6.45) is 79.5. The highest BCUT2D eigenvalue weighted by Gasteiger charge is 2.27. The van der Waals surface area contributed by atoms with Crippen LogP contribution in [0.1, 0.15) is 284 Å². The third-order valence-corrected chi connectivity index (χ3v) is 14.9. The van der Waals surface area contributed by atoms with E-state index in [0.717, 1.165) is 77.0 Å². The summed E-state index contributed by atoms with van der Waals surface area (Å²) in [5, 5.41) is 0. The SMILES string of the molecule is CC/C=C\C/C=C\C/C=C\C/C=C\C/C=C\C/C=C\CCCCCCCCCCCCCCCCC(=O)OC(COC(=O)CCCCCCCCCCC/C=C\CCCCCCCCCC)COP(=O)(O)OCC[N+](C)(C)C. The third kappa shape index (κ3) is 62.4. The summed E-state index contributed by atoms with van der Waals surface area (Å²) in [6, 6.07) is 0. The van der Waals surface area contributed by atoms with Crippen LogP contribution in [-0.4, -0.2) is 74.9 Å². The van der Waals surface area contributed by atoms with E-state index in [0.29, 0.717) is 17.4 Å². The summed E-state index contributed by atoms with van der Waals surface area (Å²) >= 11 is 0. The van der Waals surface area contributed by atoms with Gasteiger partial charge in [-0.2, -0.15) is 0 Å². The average molecular weight is 1110 g/mol. The lowest BCUT2D eigenvalue weighted by Gasteiger charge is -2.24. The van der Waals surface area contributed by atoms with Crippen molar-refractivity contribution in [2.75, 3.05) is 47.5 Å². The fraction of sp³-hybridized carbons (Fsp3) is 0.765. The molecular formula is C68H123NO8P+. The molecule has 0 aromatic rings.